The molecular weight excluding hydrogens is 350 g/mol. The lowest BCUT2D eigenvalue weighted by molar-refractivity contribution is 0.0471. The average molecular weight is 375 g/mol. The predicted molar refractivity (Wildman–Crippen MR) is 99.8 cm³/mol. The summed E-state index contributed by atoms with van der Waals surface area (Å²) in [6.45, 7) is 5.87. The highest BCUT2D eigenvalue weighted by molar-refractivity contribution is 6.01. The number of aryl methyl sites for hydroxylation is 1. The van der Waals surface area contributed by atoms with E-state index in [1.54, 1.807) is 13.2 Å². The molecule has 0 amide bonds. The van der Waals surface area contributed by atoms with Crippen molar-refractivity contribution in [3.05, 3.63) is 46.8 Å². The molecule has 0 aliphatic carbocycles. The highest BCUT2D eigenvalue weighted by Crippen LogP contribution is 2.24. The molecule has 0 bridgehead atoms. The first-order chi connectivity index (χ1) is 12.8. The van der Waals surface area contributed by atoms with Gasteiger partial charge in [0.25, 0.3) is 0 Å². The minimum Gasteiger partial charge on any atom is -0.507 e. The lowest BCUT2D eigenvalue weighted by Crippen LogP contribution is -2.17. The number of ketones is 1. The van der Waals surface area contributed by atoms with E-state index in [1.165, 1.54) is 25.3 Å². The number of esters is 1. The first-order valence-electron chi connectivity index (χ1n) is 8.54. The fourth-order valence-corrected chi connectivity index (χ4v) is 3.15. The van der Waals surface area contributed by atoms with Crippen LogP contribution in [0.25, 0.3) is 0 Å². The number of ether oxygens (including phenoxy) is 3. The molecule has 27 heavy (non-hydrogen) atoms. The van der Waals surface area contributed by atoms with E-state index in [0.717, 1.165) is 11.4 Å². The molecule has 1 atom stereocenters. The van der Waals surface area contributed by atoms with Crippen LogP contribution in [0.5, 0.6) is 11.5 Å². The summed E-state index contributed by atoms with van der Waals surface area (Å²) in [4.78, 5) is 24.8. The van der Waals surface area contributed by atoms with Gasteiger partial charge in [-0.15, -0.1) is 0 Å². The average Bonchev–Trinajstić information content (AvgIpc) is 2.94. The maximum absolute atomic E-state index is 12.5. The molecule has 0 radical (unpaired) electrons. The molecule has 2 rings (SSSR count). The number of aromatic hydroxyl groups is 1. The molecule has 1 heterocycles. The maximum atomic E-state index is 12.5. The van der Waals surface area contributed by atoms with Gasteiger partial charge in [0.2, 0.25) is 5.78 Å². The van der Waals surface area contributed by atoms with Crippen molar-refractivity contribution < 1.29 is 28.9 Å². The molecule has 0 unspecified atom stereocenters. The van der Waals surface area contributed by atoms with Crippen molar-refractivity contribution >= 4 is 11.8 Å². The Kier molecular flexibility index (Phi) is 6.63. The summed E-state index contributed by atoms with van der Waals surface area (Å²) in [5.74, 6) is -0.933. The van der Waals surface area contributed by atoms with Crippen LogP contribution in [-0.4, -0.2) is 48.9 Å². The molecule has 0 aliphatic rings. The molecule has 0 aliphatic heterocycles. The normalized spacial score (nSPS) is 11.9. The number of phenolic OH excluding ortho intramolecular Hbond substituents is 1. The van der Waals surface area contributed by atoms with Gasteiger partial charge in [0, 0.05) is 24.1 Å². The Labute approximate surface area is 158 Å². The third-order valence-electron chi connectivity index (χ3n) is 4.39. The number of aromatic nitrogens is 1. The van der Waals surface area contributed by atoms with Crippen molar-refractivity contribution in [1.82, 2.24) is 4.57 Å². The van der Waals surface area contributed by atoms with Gasteiger partial charge >= 0.3 is 5.97 Å². The van der Waals surface area contributed by atoms with Crippen molar-refractivity contribution in [3.8, 4) is 11.5 Å². The van der Waals surface area contributed by atoms with Gasteiger partial charge < -0.3 is 23.9 Å². The van der Waals surface area contributed by atoms with E-state index < -0.39 is 12.6 Å². The van der Waals surface area contributed by atoms with E-state index in [2.05, 4.69) is 0 Å². The van der Waals surface area contributed by atoms with Crippen LogP contribution >= 0.6 is 0 Å². The Morgan fingerprint density at radius 1 is 1.15 bits per heavy atom. The minimum absolute atomic E-state index is 0.0543. The summed E-state index contributed by atoms with van der Waals surface area (Å²) in [5, 5.41) is 9.82. The van der Waals surface area contributed by atoms with Gasteiger partial charge in [-0.1, -0.05) is 0 Å². The number of hydrogen-bond donors (Lipinski definition) is 1. The zero-order valence-corrected chi connectivity index (χ0v) is 16.2. The quantitative estimate of drug-likeness (QED) is 0.564. The Morgan fingerprint density at radius 2 is 1.85 bits per heavy atom. The van der Waals surface area contributed by atoms with Crippen LogP contribution in [0.3, 0.4) is 0 Å². The second-order valence-electron chi connectivity index (χ2n) is 6.34. The van der Waals surface area contributed by atoms with Crippen LogP contribution in [0.15, 0.2) is 24.3 Å². The molecule has 1 N–H and O–H groups in total. The van der Waals surface area contributed by atoms with E-state index in [4.69, 9.17) is 14.2 Å². The number of rotatable bonds is 8. The van der Waals surface area contributed by atoms with Crippen molar-refractivity contribution in [2.45, 2.75) is 26.8 Å². The van der Waals surface area contributed by atoms with E-state index in [-0.39, 0.29) is 23.1 Å². The van der Waals surface area contributed by atoms with Gasteiger partial charge in [-0.3, -0.25) is 4.79 Å². The van der Waals surface area contributed by atoms with E-state index >= 15 is 0 Å². The Balaban J connectivity index is 2.12. The number of Topliss-reactive ketones (excluding diaryl/α,β-unsaturated/α-hetero) is 1. The monoisotopic (exact) mass is 375 g/mol. The van der Waals surface area contributed by atoms with Gasteiger partial charge in [-0.25, -0.2) is 4.79 Å². The van der Waals surface area contributed by atoms with Gasteiger partial charge in [-0.2, -0.15) is 0 Å². The molecule has 1 aromatic heterocycles. The van der Waals surface area contributed by atoms with E-state index in [9.17, 15) is 14.7 Å². The largest absolute Gasteiger partial charge is 0.507 e. The Hall–Kier alpha value is -2.80. The fourth-order valence-electron chi connectivity index (χ4n) is 3.15. The zero-order chi connectivity index (χ0) is 20.1. The summed E-state index contributed by atoms with van der Waals surface area (Å²) >= 11 is 0. The molecule has 1 aromatic carbocycles. The van der Waals surface area contributed by atoms with Gasteiger partial charge in [0.1, 0.15) is 17.1 Å². The Morgan fingerprint density at radius 3 is 2.48 bits per heavy atom. The molecule has 0 spiro atoms. The predicted octanol–water partition coefficient (Wildman–Crippen LogP) is 3.07. The number of carbonyl (C=O) groups excluding carboxylic acids is 2. The molecule has 7 heteroatoms. The van der Waals surface area contributed by atoms with Crippen LogP contribution in [0, 0.1) is 13.8 Å². The topological polar surface area (TPSA) is 87.0 Å². The summed E-state index contributed by atoms with van der Waals surface area (Å²) in [5.41, 5.74) is 2.17. The zero-order valence-electron chi connectivity index (χ0n) is 16.2. The second kappa shape index (κ2) is 8.73. The lowest BCUT2D eigenvalue weighted by Gasteiger charge is -2.17. The van der Waals surface area contributed by atoms with Crippen molar-refractivity contribution in [1.29, 1.82) is 0 Å². The first-order valence-corrected chi connectivity index (χ1v) is 8.54. The summed E-state index contributed by atoms with van der Waals surface area (Å²) in [6, 6.07) is 6.07. The second-order valence-corrected chi connectivity index (χ2v) is 6.34. The highest BCUT2D eigenvalue weighted by Gasteiger charge is 2.21. The van der Waals surface area contributed by atoms with Crippen molar-refractivity contribution in [2.75, 3.05) is 27.4 Å². The van der Waals surface area contributed by atoms with Crippen LogP contribution < -0.4 is 4.74 Å². The summed E-state index contributed by atoms with van der Waals surface area (Å²) < 4.78 is 17.3. The maximum Gasteiger partial charge on any atom is 0.342 e. The number of carbonyl (C=O) groups is 2. The number of methoxy groups -OCH3 is 2. The smallest absolute Gasteiger partial charge is 0.342 e. The summed E-state index contributed by atoms with van der Waals surface area (Å²) in [7, 11) is 3.08. The Bertz CT molecular complexity index is 839. The molecule has 146 valence electrons. The number of phenols is 1. The van der Waals surface area contributed by atoms with Crippen molar-refractivity contribution in [3.63, 3.8) is 0 Å². The molecular formula is C20H25NO6. The van der Waals surface area contributed by atoms with Crippen LogP contribution in [0.4, 0.5) is 0 Å². The number of hydrogen-bond acceptors (Lipinski definition) is 6. The number of nitrogens with zero attached hydrogens (tertiary/aromatic N) is 1. The van der Waals surface area contributed by atoms with Crippen LogP contribution in [-0.2, 0) is 9.47 Å². The fraction of sp³-hybridized carbons (Fsp3) is 0.400. The molecule has 0 saturated carbocycles. The molecule has 2 aromatic rings. The molecule has 7 nitrogen and oxygen atoms in total. The van der Waals surface area contributed by atoms with Gasteiger partial charge in [0.15, 0.2) is 6.61 Å². The molecule has 0 saturated heterocycles. The van der Waals surface area contributed by atoms with Crippen LogP contribution in [0.1, 0.15) is 45.1 Å². The first kappa shape index (κ1) is 20.5. The standard InChI is InChI=1S/C20H25NO6/c1-12-8-16(14(3)21(12)13(2)10-25-4)19(23)11-27-20(24)17-9-15(26-5)6-7-18(17)22/h6-9,13,22H,10-11H2,1-5H3/t13-/m0/s1. The van der Waals surface area contributed by atoms with E-state index in [0.29, 0.717) is 17.9 Å². The minimum atomic E-state index is -0.790. The third kappa shape index (κ3) is 4.49. The molecule has 0 fully saturated rings. The summed E-state index contributed by atoms with van der Waals surface area (Å²) in [6.07, 6.45) is 0. The third-order valence-corrected chi connectivity index (χ3v) is 4.39. The number of benzene rings is 1. The van der Waals surface area contributed by atoms with E-state index in [1.807, 2.05) is 25.3 Å². The highest BCUT2D eigenvalue weighted by atomic mass is 16.5. The SMILES string of the molecule is COC[C@H](C)n1c(C)cc(C(=O)COC(=O)c2cc(OC)ccc2O)c1C. The van der Waals surface area contributed by atoms with Gasteiger partial charge in [0.05, 0.1) is 19.8 Å². The van der Waals surface area contributed by atoms with Crippen molar-refractivity contribution in [2.24, 2.45) is 0 Å². The van der Waals surface area contributed by atoms with Gasteiger partial charge in [-0.05, 0) is 45.0 Å². The lowest BCUT2D eigenvalue weighted by atomic mass is 10.1. The van der Waals surface area contributed by atoms with Crippen LogP contribution in [0.2, 0.25) is 0 Å².